The van der Waals surface area contributed by atoms with Crippen molar-refractivity contribution in [3.05, 3.63) is 42.5 Å². The molecule has 0 heterocycles. The van der Waals surface area contributed by atoms with Crippen LogP contribution in [0.5, 0.6) is 0 Å². The summed E-state index contributed by atoms with van der Waals surface area (Å²) in [6.45, 7) is 6.21. The van der Waals surface area contributed by atoms with E-state index >= 15 is 0 Å². The third-order valence-electron chi connectivity index (χ3n) is 3.93. The number of methoxy groups -OCH3 is 1. The number of hydrogen-bond donors (Lipinski definition) is 0. The van der Waals surface area contributed by atoms with Crippen LogP contribution in [0.4, 0.5) is 0 Å². The van der Waals surface area contributed by atoms with Crippen LogP contribution in [0.1, 0.15) is 39.0 Å². The largest absolute Gasteiger partial charge is 0.377 e. The highest BCUT2D eigenvalue weighted by Gasteiger charge is 2.41. The fourth-order valence-corrected chi connectivity index (χ4v) is 4.47. The van der Waals surface area contributed by atoms with E-state index in [-0.39, 0.29) is 5.60 Å². The van der Waals surface area contributed by atoms with Crippen LogP contribution >= 0.6 is 11.8 Å². The Bertz CT molecular complexity index is 415. The van der Waals surface area contributed by atoms with Gasteiger partial charge in [-0.3, -0.25) is 0 Å². The molecule has 0 unspecified atom stereocenters. The van der Waals surface area contributed by atoms with Crippen LogP contribution in [0.25, 0.3) is 0 Å². The van der Waals surface area contributed by atoms with Gasteiger partial charge in [-0.15, -0.1) is 18.3 Å². The molecule has 1 saturated carbocycles. The lowest BCUT2D eigenvalue weighted by Crippen LogP contribution is -2.45. The minimum absolute atomic E-state index is 0.0232. The summed E-state index contributed by atoms with van der Waals surface area (Å²) in [6, 6.07) is 10.7. The smallest absolute Gasteiger partial charge is 0.0836 e. The van der Waals surface area contributed by atoms with Crippen LogP contribution in [-0.2, 0) is 4.74 Å². The van der Waals surface area contributed by atoms with Crippen molar-refractivity contribution in [1.82, 2.24) is 0 Å². The summed E-state index contributed by atoms with van der Waals surface area (Å²) >= 11 is 1.97. The van der Waals surface area contributed by atoms with Crippen LogP contribution in [-0.4, -0.2) is 18.0 Å². The zero-order chi connectivity index (χ0) is 13.7. The number of ether oxygens (including phenoxy) is 1. The first-order valence-corrected chi connectivity index (χ1v) is 7.95. The van der Waals surface area contributed by atoms with Crippen molar-refractivity contribution in [2.24, 2.45) is 0 Å². The van der Waals surface area contributed by atoms with Crippen molar-refractivity contribution in [2.45, 2.75) is 54.8 Å². The Labute approximate surface area is 121 Å². The second kappa shape index (κ2) is 6.62. The summed E-state index contributed by atoms with van der Waals surface area (Å²) in [5.74, 6) is 0. The zero-order valence-corrected chi connectivity index (χ0v) is 12.8. The summed E-state index contributed by atoms with van der Waals surface area (Å²) < 4.78 is 5.99. The maximum atomic E-state index is 5.99. The maximum Gasteiger partial charge on any atom is 0.0836 e. The second-order valence-electron chi connectivity index (χ2n) is 5.57. The Balaban J connectivity index is 2.16. The van der Waals surface area contributed by atoms with E-state index in [1.807, 2.05) is 18.9 Å². The fourth-order valence-electron chi connectivity index (χ4n) is 3.03. The van der Waals surface area contributed by atoms with E-state index in [9.17, 15) is 0 Å². The molecule has 2 heteroatoms. The third-order valence-corrected chi connectivity index (χ3v) is 5.43. The maximum absolute atomic E-state index is 5.99. The molecule has 0 amide bonds. The summed E-state index contributed by atoms with van der Waals surface area (Å²) in [5.41, 5.74) is 1.20. The molecule has 1 aliphatic rings. The first-order chi connectivity index (χ1) is 9.16. The van der Waals surface area contributed by atoms with Crippen molar-refractivity contribution >= 4 is 11.8 Å². The van der Waals surface area contributed by atoms with Crippen molar-refractivity contribution in [3.63, 3.8) is 0 Å². The monoisotopic (exact) mass is 276 g/mol. The lowest BCUT2D eigenvalue weighted by atomic mass is 9.80. The van der Waals surface area contributed by atoms with Crippen LogP contribution in [0.2, 0.25) is 0 Å². The molecule has 1 aromatic rings. The summed E-state index contributed by atoms with van der Waals surface area (Å²) in [7, 11) is 1.87. The second-order valence-corrected chi connectivity index (χ2v) is 6.84. The van der Waals surface area contributed by atoms with Crippen LogP contribution in [0.3, 0.4) is 0 Å². The SMILES string of the molecule is C=C(C)C[C@]1(OC)CCCC[C@H]1Sc1ccccc1. The van der Waals surface area contributed by atoms with Gasteiger partial charge in [0.2, 0.25) is 0 Å². The van der Waals surface area contributed by atoms with Crippen molar-refractivity contribution in [1.29, 1.82) is 0 Å². The van der Waals surface area contributed by atoms with Gasteiger partial charge >= 0.3 is 0 Å². The number of benzene rings is 1. The Hall–Kier alpha value is -0.730. The van der Waals surface area contributed by atoms with Gasteiger partial charge < -0.3 is 4.74 Å². The molecule has 1 aromatic carbocycles. The molecule has 1 aliphatic carbocycles. The van der Waals surface area contributed by atoms with E-state index in [0.29, 0.717) is 5.25 Å². The quantitative estimate of drug-likeness (QED) is 0.694. The Kier molecular flexibility index (Phi) is 5.12. The van der Waals surface area contributed by atoms with Crippen LogP contribution < -0.4 is 0 Å². The predicted octanol–water partition coefficient (Wildman–Crippen LogP) is 5.07. The predicted molar refractivity (Wildman–Crippen MR) is 83.7 cm³/mol. The fraction of sp³-hybridized carbons (Fsp3) is 0.529. The highest BCUT2D eigenvalue weighted by Crippen LogP contribution is 2.44. The molecule has 0 radical (unpaired) electrons. The number of rotatable bonds is 5. The molecule has 0 aromatic heterocycles. The van der Waals surface area contributed by atoms with E-state index in [4.69, 9.17) is 4.74 Å². The first kappa shape index (κ1) is 14.7. The van der Waals surface area contributed by atoms with E-state index in [1.54, 1.807) is 0 Å². The van der Waals surface area contributed by atoms with Gasteiger partial charge in [-0.25, -0.2) is 0 Å². The van der Waals surface area contributed by atoms with Gasteiger partial charge in [-0.05, 0) is 38.3 Å². The van der Waals surface area contributed by atoms with Crippen LogP contribution in [0.15, 0.2) is 47.4 Å². The molecule has 1 nitrogen and oxygen atoms in total. The van der Waals surface area contributed by atoms with Crippen molar-refractivity contribution < 1.29 is 4.74 Å². The Morgan fingerprint density at radius 1 is 1.37 bits per heavy atom. The Morgan fingerprint density at radius 2 is 2.11 bits per heavy atom. The lowest BCUT2D eigenvalue weighted by molar-refractivity contribution is -0.0327. The molecule has 0 saturated heterocycles. The van der Waals surface area contributed by atoms with E-state index in [2.05, 4.69) is 43.8 Å². The average molecular weight is 276 g/mol. The molecule has 0 aliphatic heterocycles. The van der Waals surface area contributed by atoms with E-state index < -0.39 is 0 Å². The van der Waals surface area contributed by atoms with Crippen molar-refractivity contribution in [2.75, 3.05) is 7.11 Å². The Morgan fingerprint density at radius 3 is 2.74 bits per heavy atom. The molecular weight excluding hydrogens is 252 g/mol. The van der Waals surface area contributed by atoms with E-state index in [0.717, 1.165) is 12.8 Å². The summed E-state index contributed by atoms with van der Waals surface area (Å²) in [4.78, 5) is 1.34. The molecular formula is C17H24OS. The third kappa shape index (κ3) is 3.64. The highest BCUT2D eigenvalue weighted by atomic mass is 32.2. The molecule has 2 atom stereocenters. The van der Waals surface area contributed by atoms with Crippen molar-refractivity contribution in [3.8, 4) is 0 Å². The van der Waals surface area contributed by atoms with Gasteiger partial charge in [0.25, 0.3) is 0 Å². The van der Waals surface area contributed by atoms with Gasteiger partial charge in [0.05, 0.1) is 5.60 Å². The molecule has 104 valence electrons. The van der Waals surface area contributed by atoms with E-state index in [1.165, 1.54) is 29.7 Å². The molecule has 19 heavy (non-hydrogen) atoms. The minimum atomic E-state index is -0.0232. The van der Waals surface area contributed by atoms with Crippen LogP contribution in [0, 0.1) is 0 Å². The highest BCUT2D eigenvalue weighted by molar-refractivity contribution is 8.00. The normalized spacial score (nSPS) is 27.2. The molecule has 0 N–H and O–H groups in total. The standard InChI is InChI=1S/C17H24OS/c1-14(2)13-17(18-3)12-8-7-11-16(17)19-15-9-5-4-6-10-15/h4-6,9-10,16H,1,7-8,11-13H2,2-3H3/t16-,17-/m1/s1. The average Bonchev–Trinajstić information content (AvgIpc) is 2.42. The number of thioether (sulfide) groups is 1. The lowest BCUT2D eigenvalue weighted by Gasteiger charge is -2.43. The summed E-state index contributed by atoms with van der Waals surface area (Å²) in [6.07, 6.45) is 5.95. The molecule has 0 spiro atoms. The topological polar surface area (TPSA) is 9.23 Å². The van der Waals surface area contributed by atoms with Gasteiger partial charge in [-0.2, -0.15) is 0 Å². The van der Waals surface area contributed by atoms with Gasteiger partial charge in [0.1, 0.15) is 0 Å². The summed E-state index contributed by atoms with van der Waals surface area (Å²) in [5, 5.41) is 0.533. The molecule has 0 bridgehead atoms. The van der Waals surface area contributed by atoms with Gasteiger partial charge in [-0.1, -0.05) is 36.6 Å². The zero-order valence-electron chi connectivity index (χ0n) is 12.0. The minimum Gasteiger partial charge on any atom is -0.377 e. The van der Waals surface area contributed by atoms with Gasteiger partial charge in [0.15, 0.2) is 0 Å². The first-order valence-electron chi connectivity index (χ1n) is 7.07. The molecule has 1 fully saturated rings. The molecule has 2 rings (SSSR count). The number of hydrogen-bond acceptors (Lipinski definition) is 2. The van der Waals surface area contributed by atoms with Gasteiger partial charge in [0, 0.05) is 17.3 Å².